The van der Waals surface area contributed by atoms with Crippen molar-refractivity contribution in [3.63, 3.8) is 0 Å². The Kier molecular flexibility index (Phi) is 4.52. The number of fused-ring (bicyclic) bond motifs is 1. The zero-order chi connectivity index (χ0) is 17.4. The number of hydrogen-bond acceptors (Lipinski definition) is 3. The van der Waals surface area contributed by atoms with Gasteiger partial charge in [0.05, 0.1) is 12.2 Å². The molecule has 1 amide bonds. The molecule has 4 rings (SSSR count). The molecule has 2 aromatic rings. The minimum absolute atomic E-state index is 0.132. The normalized spacial score (nSPS) is 27.9. The van der Waals surface area contributed by atoms with Gasteiger partial charge in [-0.3, -0.25) is 9.69 Å². The summed E-state index contributed by atoms with van der Waals surface area (Å²) in [5.74, 6) is 0.132. The van der Waals surface area contributed by atoms with Crippen molar-refractivity contribution in [2.75, 3.05) is 26.2 Å². The van der Waals surface area contributed by atoms with Crippen molar-refractivity contribution in [3.8, 4) is 0 Å². The summed E-state index contributed by atoms with van der Waals surface area (Å²) in [6.45, 7) is 7.97. The van der Waals surface area contributed by atoms with E-state index in [1.807, 2.05) is 30.3 Å². The first-order valence-corrected chi connectivity index (χ1v) is 9.36. The van der Waals surface area contributed by atoms with Gasteiger partial charge in [0.1, 0.15) is 5.69 Å². The standard InChI is InChI=1S/C20H27N3O2/c1-14-11-22(12-15(2)25-14)13-17-7-5-9-23(17)20(24)19-10-16-6-3-4-8-18(16)21-19/h3-4,6,8,10,14-15,17,21H,5,7,9,11-13H2,1-2H3/t14-,15+,17-/m0/s1. The van der Waals surface area contributed by atoms with E-state index < -0.39 is 0 Å². The summed E-state index contributed by atoms with van der Waals surface area (Å²) in [6, 6.07) is 10.3. The Balaban J connectivity index is 1.48. The number of H-pyrrole nitrogens is 1. The monoisotopic (exact) mass is 341 g/mol. The highest BCUT2D eigenvalue weighted by atomic mass is 16.5. The molecule has 2 saturated heterocycles. The number of rotatable bonds is 3. The van der Waals surface area contributed by atoms with E-state index >= 15 is 0 Å². The smallest absolute Gasteiger partial charge is 0.270 e. The SMILES string of the molecule is C[C@@H]1CN(C[C@@H]2CCCN2C(=O)c2cc3ccccc3[nH]2)C[C@H](C)O1. The summed E-state index contributed by atoms with van der Waals surface area (Å²) in [6.07, 6.45) is 2.71. The molecule has 5 nitrogen and oxygen atoms in total. The Hall–Kier alpha value is -1.85. The van der Waals surface area contributed by atoms with Gasteiger partial charge in [0.25, 0.3) is 5.91 Å². The van der Waals surface area contributed by atoms with Crippen molar-refractivity contribution >= 4 is 16.8 Å². The molecule has 5 heteroatoms. The molecule has 0 spiro atoms. The van der Waals surface area contributed by atoms with Gasteiger partial charge in [0.2, 0.25) is 0 Å². The molecule has 2 aliphatic rings. The molecule has 0 unspecified atom stereocenters. The van der Waals surface area contributed by atoms with Crippen LogP contribution in [0, 0.1) is 0 Å². The molecule has 134 valence electrons. The fraction of sp³-hybridized carbons (Fsp3) is 0.550. The number of nitrogens with zero attached hydrogens (tertiary/aromatic N) is 2. The van der Waals surface area contributed by atoms with Gasteiger partial charge in [-0.25, -0.2) is 0 Å². The van der Waals surface area contributed by atoms with Gasteiger partial charge in [0, 0.05) is 43.1 Å². The minimum atomic E-state index is 0.132. The molecular formula is C20H27N3O2. The largest absolute Gasteiger partial charge is 0.373 e. The van der Waals surface area contributed by atoms with Crippen LogP contribution in [0.25, 0.3) is 10.9 Å². The van der Waals surface area contributed by atoms with Crippen LogP contribution < -0.4 is 0 Å². The third-order valence-corrected chi connectivity index (χ3v) is 5.36. The number of likely N-dealkylation sites (tertiary alicyclic amines) is 1. The maximum Gasteiger partial charge on any atom is 0.270 e. The van der Waals surface area contributed by atoms with E-state index in [9.17, 15) is 4.79 Å². The van der Waals surface area contributed by atoms with Crippen molar-refractivity contribution in [3.05, 3.63) is 36.0 Å². The number of benzene rings is 1. The number of carbonyl (C=O) groups excluding carboxylic acids is 1. The third kappa shape index (κ3) is 3.44. The van der Waals surface area contributed by atoms with E-state index in [4.69, 9.17) is 4.74 Å². The van der Waals surface area contributed by atoms with E-state index in [0.29, 0.717) is 11.7 Å². The van der Waals surface area contributed by atoms with Gasteiger partial charge in [-0.2, -0.15) is 0 Å². The Bertz CT molecular complexity index is 713. The maximum absolute atomic E-state index is 13.0. The van der Waals surface area contributed by atoms with Crippen molar-refractivity contribution in [2.24, 2.45) is 0 Å². The number of nitrogens with one attached hydrogen (secondary N) is 1. The first-order chi connectivity index (χ1) is 12.1. The van der Waals surface area contributed by atoms with Crippen LogP contribution in [-0.2, 0) is 4.74 Å². The average molecular weight is 341 g/mol. The van der Waals surface area contributed by atoms with Crippen molar-refractivity contribution in [1.29, 1.82) is 0 Å². The summed E-state index contributed by atoms with van der Waals surface area (Å²) in [4.78, 5) is 20.9. The molecule has 0 aliphatic carbocycles. The van der Waals surface area contributed by atoms with Crippen LogP contribution in [0.2, 0.25) is 0 Å². The highest BCUT2D eigenvalue weighted by molar-refractivity contribution is 5.98. The van der Waals surface area contributed by atoms with Crippen molar-refractivity contribution in [2.45, 2.75) is 44.9 Å². The van der Waals surface area contributed by atoms with Gasteiger partial charge in [-0.05, 0) is 38.8 Å². The number of hydrogen-bond donors (Lipinski definition) is 1. The van der Waals surface area contributed by atoms with Gasteiger partial charge in [0.15, 0.2) is 0 Å². The van der Waals surface area contributed by atoms with Gasteiger partial charge >= 0.3 is 0 Å². The Labute approximate surface area is 148 Å². The number of para-hydroxylation sites is 1. The van der Waals surface area contributed by atoms with Crippen molar-refractivity contribution in [1.82, 2.24) is 14.8 Å². The lowest BCUT2D eigenvalue weighted by molar-refractivity contribution is -0.0715. The van der Waals surface area contributed by atoms with E-state index in [0.717, 1.165) is 49.9 Å². The predicted octanol–water partition coefficient (Wildman–Crippen LogP) is 2.88. The molecule has 0 saturated carbocycles. The number of aromatic amines is 1. The van der Waals surface area contributed by atoms with E-state index in [1.165, 1.54) is 0 Å². The summed E-state index contributed by atoms with van der Waals surface area (Å²) in [5.41, 5.74) is 1.73. The Morgan fingerprint density at radius 1 is 1.24 bits per heavy atom. The second-order valence-corrected chi connectivity index (χ2v) is 7.54. The average Bonchev–Trinajstić information content (AvgIpc) is 3.19. The predicted molar refractivity (Wildman–Crippen MR) is 98.8 cm³/mol. The third-order valence-electron chi connectivity index (χ3n) is 5.36. The first-order valence-electron chi connectivity index (χ1n) is 9.36. The molecule has 0 bridgehead atoms. The van der Waals surface area contributed by atoms with Crippen LogP contribution >= 0.6 is 0 Å². The van der Waals surface area contributed by atoms with Gasteiger partial charge in [-0.1, -0.05) is 18.2 Å². The Morgan fingerprint density at radius 2 is 2.00 bits per heavy atom. The van der Waals surface area contributed by atoms with Crippen LogP contribution in [0.5, 0.6) is 0 Å². The van der Waals surface area contributed by atoms with Gasteiger partial charge < -0.3 is 14.6 Å². The Morgan fingerprint density at radius 3 is 2.76 bits per heavy atom. The highest BCUT2D eigenvalue weighted by Crippen LogP contribution is 2.24. The molecule has 0 radical (unpaired) electrons. The molecule has 3 atom stereocenters. The minimum Gasteiger partial charge on any atom is -0.373 e. The summed E-state index contributed by atoms with van der Waals surface area (Å²) in [5, 5.41) is 1.09. The van der Waals surface area contributed by atoms with Gasteiger partial charge in [-0.15, -0.1) is 0 Å². The number of morpholine rings is 1. The van der Waals surface area contributed by atoms with Crippen LogP contribution in [-0.4, -0.2) is 65.1 Å². The lowest BCUT2D eigenvalue weighted by atomic mass is 10.1. The zero-order valence-corrected chi connectivity index (χ0v) is 15.1. The fourth-order valence-electron chi connectivity index (χ4n) is 4.37. The molecule has 3 heterocycles. The topological polar surface area (TPSA) is 48.6 Å². The number of amides is 1. The quantitative estimate of drug-likeness (QED) is 0.934. The highest BCUT2D eigenvalue weighted by Gasteiger charge is 2.33. The molecular weight excluding hydrogens is 314 g/mol. The second kappa shape index (κ2) is 6.81. The molecule has 1 N–H and O–H groups in total. The fourth-order valence-corrected chi connectivity index (χ4v) is 4.37. The second-order valence-electron chi connectivity index (χ2n) is 7.54. The van der Waals surface area contributed by atoms with Crippen molar-refractivity contribution < 1.29 is 9.53 Å². The van der Waals surface area contributed by atoms with E-state index in [2.05, 4.69) is 28.6 Å². The van der Waals surface area contributed by atoms with E-state index in [1.54, 1.807) is 0 Å². The summed E-state index contributed by atoms with van der Waals surface area (Å²) < 4.78 is 5.83. The molecule has 25 heavy (non-hydrogen) atoms. The van der Waals surface area contributed by atoms with E-state index in [-0.39, 0.29) is 18.1 Å². The van der Waals surface area contributed by atoms with Crippen LogP contribution in [0.3, 0.4) is 0 Å². The summed E-state index contributed by atoms with van der Waals surface area (Å²) >= 11 is 0. The zero-order valence-electron chi connectivity index (χ0n) is 15.1. The van der Waals surface area contributed by atoms with Crippen LogP contribution in [0.15, 0.2) is 30.3 Å². The van der Waals surface area contributed by atoms with Crippen LogP contribution in [0.1, 0.15) is 37.2 Å². The lowest BCUT2D eigenvalue weighted by Crippen LogP contribution is -2.51. The maximum atomic E-state index is 13.0. The number of ether oxygens (including phenoxy) is 1. The van der Waals surface area contributed by atoms with Crippen LogP contribution in [0.4, 0.5) is 0 Å². The molecule has 1 aromatic heterocycles. The first kappa shape index (κ1) is 16.6. The number of carbonyl (C=O) groups is 1. The molecule has 2 aliphatic heterocycles. The number of aromatic nitrogens is 1. The summed E-state index contributed by atoms with van der Waals surface area (Å²) in [7, 11) is 0. The lowest BCUT2D eigenvalue weighted by Gasteiger charge is -2.38. The molecule has 2 fully saturated rings. The molecule has 1 aromatic carbocycles.